The van der Waals surface area contributed by atoms with E-state index in [1.807, 2.05) is 42.2 Å². The Morgan fingerprint density at radius 1 is 1.23 bits per heavy atom. The lowest BCUT2D eigenvalue weighted by molar-refractivity contribution is 0.0981. The van der Waals surface area contributed by atoms with Gasteiger partial charge in [0.15, 0.2) is 5.11 Å². The summed E-state index contributed by atoms with van der Waals surface area (Å²) in [5.41, 5.74) is 5.53. The predicted molar refractivity (Wildman–Crippen MR) is 110 cm³/mol. The standard InChI is InChI=1S/C19H20N4OS2/c1-12-16(13(2)23(3)22-12)11-14-6-8-15(9-7-14)20-19(25)21-18(24)17-5-4-10-26-17/h4-10H,11H2,1-3H3,(H2,20,21,24,25). The number of carbonyl (C=O) groups excluding carboxylic acids is 1. The Labute approximate surface area is 162 Å². The number of thiocarbonyl (C=S) groups is 1. The van der Waals surface area contributed by atoms with E-state index in [9.17, 15) is 4.79 Å². The molecule has 3 aromatic rings. The van der Waals surface area contributed by atoms with E-state index in [1.54, 1.807) is 6.07 Å². The van der Waals surface area contributed by atoms with Crippen LogP contribution in [0.1, 0.15) is 32.2 Å². The van der Waals surface area contributed by atoms with Crippen LogP contribution in [-0.4, -0.2) is 20.8 Å². The highest BCUT2D eigenvalue weighted by atomic mass is 32.1. The number of carbonyl (C=O) groups is 1. The maximum atomic E-state index is 12.0. The van der Waals surface area contributed by atoms with Gasteiger partial charge in [-0.15, -0.1) is 11.3 Å². The first-order valence-electron chi connectivity index (χ1n) is 8.18. The molecule has 0 saturated carbocycles. The Morgan fingerprint density at radius 3 is 2.54 bits per heavy atom. The maximum absolute atomic E-state index is 12.0. The molecule has 2 N–H and O–H groups in total. The number of thiophene rings is 1. The van der Waals surface area contributed by atoms with Crippen LogP contribution >= 0.6 is 23.6 Å². The lowest BCUT2D eigenvalue weighted by Gasteiger charge is -2.10. The van der Waals surface area contributed by atoms with Crippen molar-refractivity contribution < 1.29 is 4.79 Å². The van der Waals surface area contributed by atoms with E-state index < -0.39 is 0 Å². The minimum Gasteiger partial charge on any atom is -0.332 e. The second-order valence-electron chi connectivity index (χ2n) is 6.03. The number of nitrogens with one attached hydrogen (secondary N) is 2. The van der Waals surface area contributed by atoms with Crippen LogP contribution in [0.3, 0.4) is 0 Å². The number of hydrogen-bond donors (Lipinski definition) is 2. The average Bonchev–Trinajstić information content (AvgIpc) is 3.21. The van der Waals surface area contributed by atoms with Gasteiger partial charge < -0.3 is 5.32 Å². The largest absolute Gasteiger partial charge is 0.332 e. The Kier molecular flexibility index (Phi) is 5.49. The van der Waals surface area contributed by atoms with Crippen molar-refractivity contribution in [3.8, 4) is 0 Å². The van der Waals surface area contributed by atoms with Crippen LogP contribution in [0.4, 0.5) is 5.69 Å². The highest BCUT2D eigenvalue weighted by molar-refractivity contribution is 7.80. The first-order valence-corrected chi connectivity index (χ1v) is 9.46. The molecule has 0 spiro atoms. The topological polar surface area (TPSA) is 59.0 Å². The predicted octanol–water partition coefficient (Wildman–Crippen LogP) is 3.82. The molecule has 1 aromatic carbocycles. The first kappa shape index (κ1) is 18.3. The van der Waals surface area contributed by atoms with Crippen molar-refractivity contribution in [2.45, 2.75) is 20.3 Å². The van der Waals surface area contributed by atoms with Gasteiger partial charge in [0.1, 0.15) is 0 Å². The zero-order valence-corrected chi connectivity index (χ0v) is 16.5. The maximum Gasteiger partial charge on any atom is 0.267 e. The Hall–Kier alpha value is -2.51. The molecule has 134 valence electrons. The summed E-state index contributed by atoms with van der Waals surface area (Å²) in [4.78, 5) is 12.6. The second-order valence-corrected chi connectivity index (χ2v) is 7.39. The van der Waals surface area contributed by atoms with Crippen molar-refractivity contribution in [2.24, 2.45) is 7.05 Å². The van der Waals surface area contributed by atoms with Crippen LogP contribution in [0.25, 0.3) is 0 Å². The minimum atomic E-state index is -0.198. The molecule has 0 radical (unpaired) electrons. The third-order valence-electron chi connectivity index (χ3n) is 4.22. The van der Waals surface area contributed by atoms with Gasteiger partial charge in [-0.25, -0.2) is 0 Å². The number of rotatable bonds is 4. The summed E-state index contributed by atoms with van der Waals surface area (Å²) in [7, 11) is 1.96. The number of amides is 1. The lowest BCUT2D eigenvalue weighted by atomic mass is 10.0. The van der Waals surface area contributed by atoms with Gasteiger partial charge in [-0.3, -0.25) is 14.8 Å². The average molecular weight is 385 g/mol. The first-order chi connectivity index (χ1) is 12.4. The summed E-state index contributed by atoms with van der Waals surface area (Å²) in [5, 5.41) is 12.3. The van der Waals surface area contributed by atoms with Crippen LogP contribution in [-0.2, 0) is 13.5 Å². The SMILES string of the molecule is Cc1nn(C)c(C)c1Cc1ccc(NC(=S)NC(=O)c2cccs2)cc1. The molecule has 0 fully saturated rings. The number of aromatic nitrogens is 2. The van der Waals surface area contributed by atoms with Crippen LogP contribution in [0.15, 0.2) is 41.8 Å². The molecule has 0 aliphatic carbocycles. The number of anilines is 1. The molecule has 1 amide bonds. The molecular weight excluding hydrogens is 364 g/mol. The second kappa shape index (κ2) is 7.80. The molecule has 0 atom stereocenters. The Balaban J connectivity index is 1.60. The van der Waals surface area contributed by atoms with E-state index in [2.05, 4.69) is 34.8 Å². The molecule has 0 bridgehead atoms. The quantitative estimate of drug-likeness (QED) is 0.672. The number of nitrogens with zero attached hydrogens (tertiary/aromatic N) is 2. The molecule has 2 heterocycles. The van der Waals surface area contributed by atoms with Gasteiger partial charge in [-0.05, 0) is 55.2 Å². The number of hydrogen-bond acceptors (Lipinski definition) is 4. The van der Waals surface area contributed by atoms with Gasteiger partial charge in [0.05, 0.1) is 10.6 Å². The van der Waals surface area contributed by atoms with Gasteiger partial charge in [0.25, 0.3) is 5.91 Å². The number of aryl methyl sites for hydroxylation is 2. The summed E-state index contributed by atoms with van der Waals surface area (Å²) >= 11 is 6.59. The summed E-state index contributed by atoms with van der Waals surface area (Å²) in [6.07, 6.45) is 0.839. The molecule has 7 heteroatoms. The fourth-order valence-corrected chi connectivity index (χ4v) is 3.55. The molecule has 2 aromatic heterocycles. The van der Waals surface area contributed by atoms with Gasteiger partial charge >= 0.3 is 0 Å². The smallest absolute Gasteiger partial charge is 0.267 e. The van der Waals surface area contributed by atoms with Crippen molar-refractivity contribution in [2.75, 3.05) is 5.32 Å². The van der Waals surface area contributed by atoms with E-state index in [0.29, 0.717) is 4.88 Å². The molecule has 3 rings (SSSR count). The molecule has 0 saturated heterocycles. The summed E-state index contributed by atoms with van der Waals surface area (Å²) < 4.78 is 1.91. The van der Waals surface area contributed by atoms with Crippen LogP contribution < -0.4 is 10.6 Å². The van der Waals surface area contributed by atoms with Gasteiger partial charge in [0.2, 0.25) is 0 Å². The summed E-state index contributed by atoms with van der Waals surface area (Å²) in [6, 6.07) is 11.6. The van der Waals surface area contributed by atoms with E-state index in [-0.39, 0.29) is 11.0 Å². The van der Waals surface area contributed by atoms with E-state index in [4.69, 9.17) is 12.2 Å². The zero-order chi connectivity index (χ0) is 18.7. The normalized spacial score (nSPS) is 10.6. The fourth-order valence-electron chi connectivity index (χ4n) is 2.72. The third-order valence-corrected chi connectivity index (χ3v) is 5.30. The molecular formula is C19H20N4OS2. The summed E-state index contributed by atoms with van der Waals surface area (Å²) in [5.74, 6) is -0.198. The van der Waals surface area contributed by atoms with Crippen molar-refractivity contribution in [3.05, 3.63) is 69.2 Å². The van der Waals surface area contributed by atoms with Gasteiger partial charge in [-0.2, -0.15) is 5.10 Å². The van der Waals surface area contributed by atoms with Crippen molar-refractivity contribution >= 4 is 40.3 Å². The van der Waals surface area contributed by atoms with Crippen molar-refractivity contribution in [1.29, 1.82) is 0 Å². The van der Waals surface area contributed by atoms with Gasteiger partial charge in [-0.1, -0.05) is 18.2 Å². The van der Waals surface area contributed by atoms with Crippen molar-refractivity contribution in [3.63, 3.8) is 0 Å². The Morgan fingerprint density at radius 2 is 1.96 bits per heavy atom. The molecule has 0 aliphatic heterocycles. The van der Waals surface area contributed by atoms with Crippen molar-refractivity contribution in [1.82, 2.24) is 15.1 Å². The number of benzene rings is 1. The van der Waals surface area contributed by atoms with Crippen LogP contribution in [0, 0.1) is 13.8 Å². The van der Waals surface area contributed by atoms with Gasteiger partial charge in [0, 0.05) is 30.4 Å². The molecule has 0 unspecified atom stereocenters. The molecule has 26 heavy (non-hydrogen) atoms. The van der Waals surface area contributed by atoms with E-state index in [0.717, 1.165) is 17.8 Å². The highest BCUT2D eigenvalue weighted by Gasteiger charge is 2.11. The molecule has 0 aliphatic rings. The lowest BCUT2D eigenvalue weighted by Crippen LogP contribution is -2.33. The highest BCUT2D eigenvalue weighted by Crippen LogP contribution is 2.18. The summed E-state index contributed by atoms with van der Waals surface area (Å²) in [6.45, 7) is 4.12. The van der Waals surface area contributed by atoms with E-state index in [1.165, 1.54) is 28.2 Å². The molecule has 5 nitrogen and oxygen atoms in total. The van der Waals surface area contributed by atoms with E-state index >= 15 is 0 Å². The van der Waals surface area contributed by atoms with Crippen LogP contribution in [0.2, 0.25) is 0 Å². The minimum absolute atomic E-state index is 0.198. The fraction of sp³-hybridized carbons (Fsp3) is 0.211. The zero-order valence-electron chi connectivity index (χ0n) is 14.9. The third kappa shape index (κ3) is 4.17. The monoisotopic (exact) mass is 384 g/mol. The Bertz CT molecular complexity index is 927. The van der Waals surface area contributed by atoms with Crippen LogP contribution in [0.5, 0.6) is 0 Å².